The number of non-ortho nitro benzene ring substituents is 1. The second-order valence-electron chi connectivity index (χ2n) is 7.45. The van der Waals surface area contributed by atoms with Crippen LogP contribution in [0.15, 0.2) is 61.0 Å². The van der Waals surface area contributed by atoms with Crippen LogP contribution in [0, 0.1) is 10.1 Å². The number of hydrogen-bond acceptors (Lipinski definition) is 7. The number of amides is 1. The number of likely N-dealkylation sites (tertiary alicyclic amines) is 1. The third-order valence-electron chi connectivity index (χ3n) is 5.14. The first-order chi connectivity index (χ1) is 15.6. The van der Waals surface area contributed by atoms with E-state index in [1.165, 1.54) is 36.4 Å². The third kappa shape index (κ3) is 4.62. The molecule has 13 heteroatoms. The molecule has 0 saturated carbocycles. The van der Waals surface area contributed by atoms with Gasteiger partial charge in [0.25, 0.3) is 15.7 Å². The Morgan fingerprint density at radius 3 is 2.76 bits per heavy atom. The average Bonchev–Trinajstić information content (AvgIpc) is 3.29. The third-order valence-corrected chi connectivity index (χ3v) is 6.44. The highest BCUT2D eigenvalue weighted by Gasteiger charge is 2.21. The van der Waals surface area contributed by atoms with Crippen molar-refractivity contribution in [3.63, 3.8) is 0 Å². The lowest BCUT2D eigenvalue weighted by molar-refractivity contribution is -0.384. The van der Waals surface area contributed by atoms with Crippen LogP contribution in [0.3, 0.4) is 0 Å². The number of benzene rings is 2. The highest BCUT2D eigenvalue weighted by atomic mass is 32.2. The summed E-state index contributed by atoms with van der Waals surface area (Å²) >= 11 is 0. The van der Waals surface area contributed by atoms with E-state index in [2.05, 4.69) is 9.71 Å². The summed E-state index contributed by atoms with van der Waals surface area (Å²) in [6.45, 7) is 0.299. The van der Waals surface area contributed by atoms with Gasteiger partial charge in [0.2, 0.25) is 5.91 Å². The molecule has 3 aromatic rings. The smallest absolute Gasteiger partial charge is 0.407 e. The maximum Gasteiger partial charge on any atom is 0.420 e. The maximum atomic E-state index is 12.7. The van der Waals surface area contributed by atoms with Crippen molar-refractivity contribution in [2.75, 3.05) is 18.9 Å². The lowest BCUT2D eigenvalue weighted by atomic mass is 10.3. The van der Waals surface area contributed by atoms with E-state index in [0.717, 1.165) is 23.6 Å². The molecule has 1 amide bonds. The molecular formula is C20H19N5O7S. The Kier molecular flexibility index (Phi) is 5.72. The number of nitro benzene ring substituents is 1. The Hall–Kier alpha value is -4.00. The van der Waals surface area contributed by atoms with E-state index in [1.807, 2.05) is 0 Å². The van der Waals surface area contributed by atoms with E-state index in [4.69, 9.17) is 4.42 Å². The fourth-order valence-corrected chi connectivity index (χ4v) is 4.64. The molecule has 0 radical (unpaired) electrons. The fourth-order valence-electron chi connectivity index (χ4n) is 3.50. The van der Waals surface area contributed by atoms with Gasteiger partial charge in [-0.05, 0) is 30.7 Å². The number of carbonyl (C=O) groups is 1. The molecule has 0 unspecified atom stereocenters. The summed E-state index contributed by atoms with van der Waals surface area (Å²) in [7, 11) is -2.19. The zero-order chi connectivity index (χ0) is 23.8. The number of sulfonamides is 1. The van der Waals surface area contributed by atoms with Crippen LogP contribution in [-0.2, 0) is 21.4 Å². The summed E-state index contributed by atoms with van der Waals surface area (Å²) in [5, 5.41) is 13.4. The van der Waals surface area contributed by atoms with Gasteiger partial charge in [-0.3, -0.25) is 19.5 Å². The van der Waals surface area contributed by atoms with Gasteiger partial charge in [0.1, 0.15) is 12.4 Å². The second-order valence-corrected chi connectivity index (χ2v) is 9.05. The van der Waals surface area contributed by atoms with E-state index in [-0.39, 0.29) is 27.4 Å². The normalized spacial score (nSPS) is 15.3. The highest BCUT2D eigenvalue weighted by molar-refractivity contribution is 7.90. The Morgan fingerprint density at radius 2 is 2.06 bits per heavy atom. The number of amidine groups is 1. The number of aromatic nitrogens is 1. The van der Waals surface area contributed by atoms with E-state index < -0.39 is 33.2 Å². The van der Waals surface area contributed by atoms with Gasteiger partial charge in [-0.1, -0.05) is 6.07 Å². The number of fused-ring (bicyclic) bond motifs is 1. The standard InChI is InChI=1S/C20H19N5O7S/c1-23-9-3-6-18(23)22-33(30,31)15-5-2-4-13(10-15)21-19(26)12-24-16-8-7-14(25(28)29)11-17(16)32-20(24)27/h2,4-5,7-8,10-11H,3,6,9,12H2,1H3,(H,21,26)/b22-18+. The van der Waals surface area contributed by atoms with Gasteiger partial charge in [0.05, 0.1) is 21.4 Å². The molecule has 1 aliphatic rings. The first-order valence-electron chi connectivity index (χ1n) is 9.87. The molecular weight excluding hydrogens is 454 g/mol. The van der Waals surface area contributed by atoms with E-state index in [1.54, 1.807) is 11.9 Å². The van der Waals surface area contributed by atoms with Crippen LogP contribution >= 0.6 is 0 Å². The quantitative estimate of drug-likeness (QED) is 0.420. The Labute approximate surface area is 187 Å². The molecule has 2 aromatic carbocycles. The summed E-state index contributed by atoms with van der Waals surface area (Å²) < 4.78 is 35.3. The van der Waals surface area contributed by atoms with Gasteiger partial charge in [0, 0.05) is 31.8 Å². The molecule has 1 N–H and O–H groups in total. The summed E-state index contributed by atoms with van der Waals surface area (Å²) in [6, 6.07) is 9.26. The molecule has 0 aliphatic carbocycles. The van der Waals surface area contributed by atoms with E-state index >= 15 is 0 Å². The highest BCUT2D eigenvalue weighted by Crippen LogP contribution is 2.22. The first kappa shape index (κ1) is 22.2. The molecule has 4 rings (SSSR count). The van der Waals surface area contributed by atoms with Crippen LogP contribution in [0.1, 0.15) is 12.8 Å². The van der Waals surface area contributed by atoms with Crippen molar-refractivity contribution in [1.82, 2.24) is 9.47 Å². The molecule has 172 valence electrons. The van der Waals surface area contributed by atoms with Gasteiger partial charge >= 0.3 is 5.76 Å². The predicted octanol–water partition coefficient (Wildman–Crippen LogP) is 1.95. The number of anilines is 1. The van der Waals surface area contributed by atoms with Gasteiger partial charge in [0.15, 0.2) is 5.58 Å². The Bertz CT molecular complexity index is 1450. The van der Waals surface area contributed by atoms with Crippen molar-refractivity contribution in [2.24, 2.45) is 4.40 Å². The van der Waals surface area contributed by atoms with E-state index in [0.29, 0.717) is 12.3 Å². The van der Waals surface area contributed by atoms with Crippen molar-refractivity contribution in [3.8, 4) is 0 Å². The van der Waals surface area contributed by atoms with Gasteiger partial charge in [-0.25, -0.2) is 4.79 Å². The maximum absolute atomic E-state index is 12.7. The lowest BCUT2D eigenvalue weighted by Crippen LogP contribution is -2.24. The van der Waals surface area contributed by atoms with Crippen LogP contribution < -0.4 is 11.1 Å². The van der Waals surface area contributed by atoms with Crippen LogP contribution in [0.4, 0.5) is 11.4 Å². The molecule has 1 aliphatic heterocycles. The summed E-state index contributed by atoms with van der Waals surface area (Å²) in [5.74, 6) is -0.987. The topological polar surface area (TPSA) is 157 Å². The Morgan fingerprint density at radius 1 is 1.27 bits per heavy atom. The SMILES string of the molecule is CN1CCC/C1=N\S(=O)(=O)c1cccc(NC(=O)Cn2c(=O)oc3cc([N+](=O)[O-])ccc32)c1. The van der Waals surface area contributed by atoms with Crippen molar-refractivity contribution >= 4 is 44.2 Å². The molecule has 1 fully saturated rings. The van der Waals surface area contributed by atoms with Crippen molar-refractivity contribution in [2.45, 2.75) is 24.3 Å². The number of nitrogens with one attached hydrogen (secondary N) is 1. The molecule has 0 bridgehead atoms. The molecule has 2 heterocycles. The minimum atomic E-state index is -3.96. The molecule has 0 spiro atoms. The summed E-state index contributed by atoms with van der Waals surface area (Å²) in [5.41, 5.74) is 0.149. The number of oxazole rings is 1. The Balaban J connectivity index is 1.54. The number of rotatable bonds is 6. The minimum absolute atomic E-state index is 0.0221. The zero-order valence-electron chi connectivity index (χ0n) is 17.4. The molecule has 0 atom stereocenters. The average molecular weight is 473 g/mol. The number of carbonyl (C=O) groups excluding carboxylic acids is 1. The number of nitrogens with zero attached hydrogens (tertiary/aromatic N) is 4. The van der Waals surface area contributed by atoms with Crippen molar-refractivity contribution in [3.05, 3.63) is 63.1 Å². The van der Waals surface area contributed by atoms with Crippen LogP contribution in [0.25, 0.3) is 11.1 Å². The molecule has 1 aromatic heterocycles. The number of nitro groups is 1. The van der Waals surface area contributed by atoms with E-state index in [9.17, 15) is 28.1 Å². The summed E-state index contributed by atoms with van der Waals surface area (Å²) in [6.07, 6.45) is 1.40. The molecule has 1 saturated heterocycles. The van der Waals surface area contributed by atoms with Crippen molar-refractivity contribution in [1.29, 1.82) is 0 Å². The molecule has 12 nitrogen and oxygen atoms in total. The number of hydrogen-bond donors (Lipinski definition) is 1. The lowest BCUT2D eigenvalue weighted by Gasteiger charge is -2.11. The van der Waals surface area contributed by atoms with Gasteiger partial charge < -0.3 is 14.6 Å². The largest absolute Gasteiger partial charge is 0.420 e. The van der Waals surface area contributed by atoms with Crippen LogP contribution in [-0.4, -0.2) is 48.1 Å². The fraction of sp³-hybridized carbons (Fsp3) is 0.250. The minimum Gasteiger partial charge on any atom is -0.407 e. The summed E-state index contributed by atoms with van der Waals surface area (Å²) in [4.78, 5) is 36.6. The van der Waals surface area contributed by atoms with Crippen LogP contribution in [0.2, 0.25) is 0 Å². The van der Waals surface area contributed by atoms with Gasteiger partial charge in [-0.2, -0.15) is 8.42 Å². The molecule has 33 heavy (non-hydrogen) atoms. The zero-order valence-corrected chi connectivity index (χ0v) is 18.2. The van der Waals surface area contributed by atoms with Crippen molar-refractivity contribution < 1.29 is 22.6 Å². The second kappa shape index (κ2) is 8.50. The monoisotopic (exact) mass is 473 g/mol. The van der Waals surface area contributed by atoms with Crippen LogP contribution in [0.5, 0.6) is 0 Å². The predicted molar refractivity (Wildman–Crippen MR) is 119 cm³/mol. The first-order valence-corrected chi connectivity index (χ1v) is 11.3. The van der Waals surface area contributed by atoms with Gasteiger partial charge in [-0.15, -0.1) is 4.40 Å².